The van der Waals surface area contributed by atoms with E-state index in [1.807, 2.05) is 6.07 Å². The molecule has 1 N–H and O–H groups in total. The average molecular weight is 245 g/mol. The van der Waals surface area contributed by atoms with Crippen molar-refractivity contribution < 1.29 is 8.78 Å². The number of hydrogen-bond acceptors (Lipinski definition) is 3. The minimum Gasteiger partial charge on any atom is -0.337 e. The van der Waals surface area contributed by atoms with Gasteiger partial charge in [0.05, 0.1) is 11.3 Å². The van der Waals surface area contributed by atoms with Gasteiger partial charge in [-0.3, -0.25) is 0 Å². The number of aryl methyl sites for hydroxylation is 1. The van der Waals surface area contributed by atoms with Crippen molar-refractivity contribution in [3.63, 3.8) is 0 Å². The van der Waals surface area contributed by atoms with Gasteiger partial charge in [-0.2, -0.15) is 5.26 Å². The SMILES string of the molecule is Cc1ccnc(Nc2cc(F)ccc2F)c1C#N. The molecule has 2 rings (SSSR count). The predicted octanol–water partition coefficient (Wildman–Crippen LogP) is 3.28. The third-order valence-electron chi connectivity index (χ3n) is 2.45. The maximum absolute atomic E-state index is 13.5. The number of hydrogen-bond donors (Lipinski definition) is 1. The minimum atomic E-state index is -0.608. The lowest BCUT2D eigenvalue weighted by Crippen LogP contribution is -2.00. The van der Waals surface area contributed by atoms with Crippen LogP contribution in [0.25, 0.3) is 0 Å². The van der Waals surface area contributed by atoms with Gasteiger partial charge in [0.2, 0.25) is 0 Å². The maximum Gasteiger partial charge on any atom is 0.148 e. The predicted molar refractivity (Wildman–Crippen MR) is 63.3 cm³/mol. The van der Waals surface area contributed by atoms with Crippen LogP contribution in [-0.2, 0) is 0 Å². The van der Waals surface area contributed by atoms with Crippen LogP contribution >= 0.6 is 0 Å². The molecule has 90 valence electrons. The average Bonchev–Trinajstić information content (AvgIpc) is 2.34. The van der Waals surface area contributed by atoms with E-state index in [0.717, 1.165) is 18.2 Å². The molecule has 0 saturated heterocycles. The number of nitrogens with zero attached hydrogens (tertiary/aromatic N) is 2. The van der Waals surface area contributed by atoms with E-state index in [1.54, 1.807) is 13.0 Å². The molecule has 0 saturated carbocycles. The molecule has 1 aromatic heterocycles. The number of aromatic nitrogens is 1. The molecule has 0 aliphatic carbocycles. The van der Waals surface area contributed by atoms with Crippen molar-refractivity contribution in [2.75, 3.05) is 5.32 Å². The summed E-state index contributed by atoms with van der Waals surface area (Å²) in [5.41, 5.74) is 0.970. The molecule has 1 heterocycles. The van der Waals surface area contributed by atoms with Crippen LogP contribution in [0.5, 0.6) is 0 Å². The van der Waals surface area contributed by atoms with Crippen LogP contribution in [0.3, 0.4) is 0 Å². The summed E-state index contributed by atoms with van der Waals surface area (Å²) in [4.78, 5) is 3.95. The quantitative estimate of drug-likeness (QED) is 0.883. The standard InChI is InChI=1S/C13H9F2N3/c1-8-4-5-17-13(10(8)7-16)18-12-6-9(14)2-3-11(12)15/h2-6H,1H3,(H,17,18). The minimum absolute atomic E-state index is 0.0513. The van der Waals surface area contributed by atoms with Crippen molar-refractivity contribution in [1.29, 1.82) is 5.26 Å². The van der Waals surface area contributed by atoms with E-state index in [4.69, 9.17) is 5.26 Å². The van der Waals surface area contributed by atoms with Crippen LogP contribution in [0.1, 0.15) is 11.1 Å². The molecular formula is C13H9F2N3. The molecule has 0 unspecified atom stereocenters. The van der Waals surface area contributed by atoms with Gasteiger partial charge >= 0.3 is 0 Å². The zero-order valence-corrected chi connectivity index (χ0v) is 9.54. The normalized spacial score (nSPS) is 9.89. The summed E-state index contributed by atoms with van der Waals surface area (Å²) < 4.78 is 26.5. The fraction of sp³-hybridized carbons (Fsp3) is 0.0769. The van der Waals surface area contributed by atoms with Gasteiger partial charge in [-0.25, -0.2) is 13.8 Å². The van der Waals surface area contributed by atoms with Crippen LogP contribution in [0.15, 0.2) is 30.5 Å². The van der Waals surface area contributed by atoms with Crippen molar-refractivity contribution in [3.8, 4) is 6.07 Å². The van der Waals surface area contributed by atoms with Gasteiger partial charge in [0.15, 0.2) is 0 Å². The second kappa shape index (κ2) is 4.80. The second-order valence-corrected chi connectivity index (χ2v) is 3.71. The van der Waals surface area contributed by atoms with E-state index in [-0.39, 0.29) is 11.5 Å². The van der Waals surface area contributed by atoms with Crippen molar-refractivity contribution >= 4 is 11.5 Å². The maximum atomic E-state index is 13.5. The van der Waals surface area contributed by atoms with Crippen LogP contribution in [0.2, 0.25) is 0 Å². The molecule has 5 heteroatoms. The van der Waals surface area contributed by atoms with Gasteiger partial charge in [-0.1, -0.05) is 0 Å². The molecule has 0 fully saturated rings. The largest absolute Gasteiger partial charge is 0.337 e. The Hall–Kier alpha value is -2.48. The van der Waals surface area contributed by atoms with Gasteiger partial charge < -0.3 is 5.32 Å². The molecule has 0 bridgehead atoms. The number of anilines is 2. The summed E-state index contributed by atoms with van der Waals surface area (Å²) in [7, 11) is 0. The van der Waals surface area contributed by atoms with Gasteiger partial charge in [-0.05, 0) is 30.7 Å². The van der Waals surface area contributed by atoms with Crippen molar-refractivity contribution in [2.45, 2.75) is 6.92 Å². The van der Waals surface area contributed by atoms with E-state index in [9.17, 15) is 8.78 Å². The summed E-state index contributed by atoms with van der Waals surface area (Å²) >= 11 is 0. The highest BCUT2D eigenvalue weighted by Gasteiger charge is 2.10. The van der Waals surface area contributed by atoms with Gasteiger partial charge in [0.25, 0.3) is 0 Å². The Morgan fingerprint density at radius 3 is 2.78 bits per heavy atom. The highest BCUT2D eigenvalue weighted by atomic mass is 19.1. The summed E-state index contributed by atoms with van der Waals surface area (Å²) in [5.74, 6) is -0.962. The molecule has 0 atom stereocenters. The number of nitrogens with one attached hydrogen (secondary N) is 1. The second-order valence-electron chi connectivity index (χ2n) is 3.71. The molecule has 1 aromatic carbocycles. The van der Waals surface area contributed by atoms with Crippen molar-refractivity contribution in [3.05, 3.63) is 53.2 Å². The summed E-state index contributed by atoms with van der Waals surface area (Å²) in [5, 5.41) is 11.6. The van der Waals surface area contributed by atoms with E-state index in [2.05, 4.69) is 10.3 Å². The highest BCUT2D eigenvalue weighted by Crippen LogP contribution is 2.23. The monoisotopic (exact) mass is 245 g/mol. The first-order valence-corrected chi connectivity index (χ1v) is 5.19. The molecule has 0 radical (unpaired) electrons. The van der Waals surface area contributed by atoms with E-state index in [1.165, 1.54) is 6.20 Å². The third-order valence-corrected chi connectivity index (χ3v) is 2.45. The Kier molecular flexibility index (Phi) is 3.20. The smallest absolute Gasteiger partial charge is 0.148 e. The first-order valence-electron chi connectivity index (χ1n) is 5.19. The van der Waals surface area contributed by atoms with E-state index in [0.29, 0.717) is 11.1 Å². The van der Waals surface area contributed by atoms with Crippen LogP contribution < -0.4 is 5.32 Å². The topological polar surface area (TPSA) is 48.7 Å². The fourth-order valence-corrected chi connectivity index (χ4v) is 1.52. The molecule has 0 aliphatic rings. The highest BCUT2D eigenvalue weighted by molar-refractivity contribution is 5.64. The molecule has 0 aliphatic heterocycles. The molecule has 2 aromatic rings. The number of pyridine rings is 1. The van der Waals surface area contributed by atoms with Gasteiger partial charge in [-0.15, -0.1) is 0 Å². The number of nitriles is 1. The molecule has 0 spiro atoms. The Balaban J connectivity index is 2.44. The lowest BCUT2D eigenvalue weighted by molar-refractivity contribution is 0.603. The van der Waals surface area contributed by atoms with E-state index >= 15 is 0 Å². The van der Waals surface area contributed by atoms with Crippen LogP contribution in [-0.4, -0.2) is 4.98 Å². The Bertz CT molecular complexity index is 633. The first kappa shape index (κ1) is 12.0. The zero-order valence-electron chi connectivity index (χ0n) is 9.54. The van der Waals surface area contributed by atoms with Crippen LogP contribution in [0.4, 0.5) is 20.3 Å². The lowest BCUT2D eigenvalue weighted by atomic mass is 10.1. The summed E-state index contributed by atoms with van der Waals surface area (Å²) in [6.07, 6.45) is 1.50. The van der Waals surface area contributed by atoms with Crippen molar-refractivity contribution in [2.24, 2.45) is 0 Å². The molecular weight excluding hydrogens is 236 g/mol. The molecule has 18 heavy (non-hydrogen) atoms. The first-order chi connectivity index (χ1) is 8.61. The Morgan fingerprint density at radius 2 is 2.06 bits per heavy atom. The Morgan fingerprint density at radius 1 is 1.28 bits per heavy atom. The number of rotatable bonds is 2. The van der Waals surface area contributed by atoms with Crippen LogP contribution in [0, 0.1) is 29.9 Å². The van der Waals surface area contributed by atoms with E-state index < -0.39 is 11.6 Å². The lowest BCUT2D eigenvalue weighted by Gasteiger charge is -2.09. The zero-order chi connectivity index (χ0) is 13.1. The van der Waals surface area contributed by atoms with Gasteiger partial charge in [0, 0.05) is 12.3 Å². The summed E-state index contributed by atoms with van der Waals surface area (Å²) in [6, 6.07) is 6.70. The molecule has 3 nitrogen and oxygen atoms in total. The third kappa shape index (κ3) is 2.28. The summed E-state index contributed by atoms with van der Waals surface area (Å²) in [6.45, 7) is 1.74. The number of halogens is 2. The molecule has 0 amide bonds. The van der Waals surface area contributed by atoms with Gasteiger partial charge in [0.1, 0.15) is 23.5 Å². The van der Waals surface area contributed by atoms with Crippen molar-refractivity contribution in [1.82, 2.24) is 4.98 Å². The Labute approximate surface area is 103 Å². The number of benzene rings is 1. The fourth-order valence-electron chi connectivity index (χ4n) is 1.52.